The number of ether oxygens (including phenoxy) is 1. The number of halogens is 1. The van der Waals surface area contributed by atoms with E-state index in [0.717, 1.165) is 11.3 Å². The van der Waals surface area contributed by atoms with Crippen molar-refractivity contribution in [3.8, 4) is 0 Å². The van der Waals surface area contributed by atoms with Crippen LogP contribution in [-0.4, -0.2) is 48.0 Å². The number of carbonyl (C=O) groups excluding carboxylic acids is 2. The molecule has 0 spiro atoms. The number of aromatic nitrogens is 1. The minimum atomic E-state index is -0.539. The molecule has 1 heterocycles. The normalized spacial score (nSPS) is 11.8. The number of carbonyl (C=O) groups is 2. The summed E-state index contributed by atoms with van der Waals surface area (Å²) in [5.41, 5.74) is 0. The van der Waals surface area contributed by atoms with E-state index in [9.17, 15) is 9.59 Å². The Labute approximate surface area is 127 Å². The summed E-state index contributed by atoms with van der Waals surface area (Å²) < 4.78 is 4.60. The molecule has 8 heteroatoms. The fourth-order valence-corrected chi connectivity index (χ4v) is 2.83. The van der Waals surface area contributed by atoms with Crippen molar-refractivity contribution in [2.24, 2.45) is 0 Å². The lowest BCUT2D eigenvalue weighted by Crippen LogP contribution is -2.41. The maximum absolute atomic E-state index is 12.1. The van der Waals surface area contributed by atoms with Crippen LogP contribution in [-0.2, 0) is 9.53 Å². The van der Waals surface area contributed by atoms with Gasteiger partial charge in [-0.2, -0.15) is 0 Å². The fourth-order valence-electron chi connectivity index (χ4n) is 1.64. The van der Waals surface area contributed by atoms with E-state index in [0.29, 0.717) is 18.2 Å². The summed E-state index contributed by atoms with van der Waals surface area (Å²) in [6.07, 6.45) is 0. The Morgan fingerprint density at radius 2 is 2.05 bits per heavy atom. The number of nitrogens with zero attached hydrogens (tertiary/aromatic N) is 2. The molecule has 112 valence electrons. The molecule has 0 aliphatic carbocycles. The first-order chi connectivity index (χ1) is 9.44. The van der Waals surface area contributed by atoms with Crippen molar-refractivity contribution in [2.45, 2.75) is 26.8 Å². The van der Waals surface area contributed by atoms with E-state index in [1.807, 2.05) is 13.8 Å². The highest BCUT2D eigenvalue weighted by atomic mass is 35.5. The Morgan fingerprint density at radius 3 is 2.55 bits per heavy atom. The van der Waals surface area contributed by atoms with Gasteiger partial charge in [-0.1, -0.05) is 22.9 Å². The molecule has 1 N–H and O–H groups in total. The van der Waals surface area contributed by atoms with Crippen LogP contribution in [0.3, 0.4) is 0 Å². The molecule has 20 heavy (non-hydrogen) atoms. The van der Waals surface area contributed by atoms with Crippen LogP contribution in [0.2, 0.25) is 5.15 Å². The van der Waals surface area contributed by atoms with Crippen LogP contribution in [0.4, 0.5) is 5.13 Å². The van der Waals surface area contributed by atoms with E-state index in [1.54, 1.807) is 11.8 Å². The molecule has 0 bridgehead atoms. The molecular formula is C12H18ClN3O3S. The third-order valence-electron chi connectivity index (χ3n) is 2.74. The summed E-state index contributed by atoms with van der Waals surface area (Å²) >= 11 is 6.93. The fraction of sp³-hybridized carbons (Fsp3) is 0.583. The lowest BCUT2D eigenvalue weighted by molar-refractivity contribution is -0.131. The SMILES string of the molecule is CCN(CC)C(=O)C(C)Nc1nc(Cl)c(C(=O)OC)s1. The van der Waals surface area contributed by atoms with Crippen molar-refractivity contribution >= 4 is 39.9 Å². The second kappa shape index (κ2) is 7.44. The Balaban J connectivity index is 2.78. The van der Waals surface area contributed by atoms with E-state index in [4.69, 9.17) is 11.6 Å². The quantitative estimate of drug-likeness (QED) is 0.814. The summed E-state index contributed by atoms with van der Waals surface area (Å²) in [7, 11) is 1.28. The van der Waals surface area contributed by atoms with Crippen LogP contribution in [0.15, 0.2) is 0 Å². The van der Waals surface area contributed by atoms with Gasteiger partial charge >= 0.3 is 5.97 Å². The summed E-state index contributed by atoms with van der Waals surface area (Å²) in [5, 5.41) is 3.45. The first-order valence-corrected chi connectivity index (χ1v) is 7.43. The molecule has 0 radical (unpaired) electrons. The minimum absolute atomic E-state index is 0.0269. The van der Waals surface area contributed by atoms with Crippen LogP contribution in [0, 0.1) is 0 Å². The van der Waals surface area contributed by atoms with Crippen molar-refractivity contribution in [1.82, 2.24) is 9.88 Å². The highest BCUT2D eigenvalue weighted by Gasteiger charge is 2.22. The molecule has 1 aromatic rings. The zero-order chi connectivity index (χ0) is 15.3. The maximum atomic E-state index is 12.1. The van der Waals surface area contributed by atoms with Crippen LogP contribution in [0.5, 0.6) is 0 Å². The molecule has 0 fully saturated rings. The molecule has 6 nitrogen and oxygen atoms in total. The van der Waals surface area contributed by atoms with Gasteiger partial charge in [-0.15, -0.1) is 0 Å². The van der Waals surface area contributed by atoms with Gasteiger partial charge in [-0.05, 0) is 20.8 Å². The Kier molecular flexibility index (Phi) is 6.22. The summed E-state index contributed by atoms with van der Waals surface area (Å²) in [6, 6.07) is -0.442. The third kappa shape index (κ3) is 3.83. The standard InChI is InChI=1S/C12H18ClN3O3S/c1-5-16(6-2)10(17)7(3)14-12-15-9(13)8(20-12)11(18)19-4/h7H,5-6H2,1-4H3,(H,14,15). The van der Waals surface area contributed by atoms with Crippen LogP contribution >= 0.6 is 22.9 Å². The van der Waals surface area contributed by atoms with Crippen LogP contribution in [0.1, 0.15) is 30.4 Å². The molecule has 0 saturated heterocycles. The predicted molar refractivity (Wildman–Crippen MR) is 79.5 cm³/mol. The lowest BCUT2D eigenvalue weighted by atomic mass is 10.3. The second-order valence-corrected chi connectivity index (χ2v) is 5.36. The molecule has 0 saturated carbocycles. The first-order valence-electron chi connectivity index (χ1n) is 6.24. The average molecular weight is 320 g/mol. The lowest BCUT2D eigenvalue weighted by Gasteiger charge is -2.23. The van der Waals surface area contributed by atoms with Gasteiger partial charge in [0, 0.05) is 13.1 Å². The van der Waals surface area contributed by atoms with Crippen molar-refractivity contribution in [2.75, 3.05) is 25.5 Å². The number of hydrogen-bond donors (Lipinski definition) is 1. The number of anilines is 1. The average Bonchev–Trinajstić information content (AvgIpc) is 2.79. The highest BCUT2D eigenvalue weighted by molar-refractivity contribution is 7.18. The molecule has 0 aliphatic rings. The Hall–Kier alpha value is -1.34. The molecule has 1 amide bonds. The van der Waals surface area contributed by atoms with Gasteiger partial charge < -0.3 is 15.0 Å². The molecule has 0 aromatic carbocycles. The van der Waals surface area contributed by atoms with Crippen molar-refractivity contribution in [1.29, 1.82) is 0 Å². The zero-order valence-corrected chi connectivity index (χ0v) is 13.5. The van der Waals surface area contributed by atoms with E-state index in [1.165, 1.54) is 7.11 Å². The molecule has 1 rings (SSSR count). The minimum Gasteiger partial charge on any atom is -0.465 e. The number of nitrogens with one attached hydrogen (secondary N) is 1. The molecule has 1 atom stereocenters. The summed E-state index contributed by atoms with van der Waals surface area (Å²) in [4.78, 5) is 29.5. The maximum Gasteiger partial charge on any atom is 0.351 e. The highest BCUT2D eigenvalue weighted by Crippen LogP contribution is 2.28. The van der Waals surface area contributed by atoms with Gasteiger partial charge in [0.15, 0.2) is 15.2 Å². The van der Waals surface area contributed by atoms with Crippen LogP contribution < -0.4 is 5.32 Å². The smallest absolute Gasteiger partial charge is 0.351 e. The van der Waals surface area contributed by atoms with Gasteiger partial charge in [0.05, 0.1) is 7.11 Å². The summed E-state index contributed by atoms with van der Waals surface area (Å²) in [6.45, 7) is 6.88. The van der Waals surface area contributed by atoms with Crippen molar-refractivity contribution in [3.63, 3.8) is 0 Å². The number of hydrogen-bond acceptors (Lipinski definition) is 6. The van der Waals surface area contributed by atoms with Crippen molar-refractivity contribution in [3.05, 3.63) is 10.0 Å². The first kappa shape index (κ1) is 16.7. The third-order valence-corrected chi connectivity index (χ3v) is 4.09. The van der Waals surface area contributed by atoms with Gasteiger partial charge in [0.2, 0.25) is 5.91 Å². The van der Waals surface area contributed by atoms with Gasteiger partial charge in [-0.25, -0.2) is 9.78 Å². The van der Waals surface area contributed by atoms with E-state index in [2.05, 4.69) is 15.0 Å². The Morgan fingerprint density at radius 1 is 1.45 bits per heavy atom. The van der Waals surface area contributed by atoms with Gasteiger partial charge in [0.25, 0.3) is 0 Å². The molecule has 1 unspecified atom stereocenters. The van der Waals surface area contributed by atoms with E-state index in [-0.39, 0.29) is 15.9 Å². The number of likely N-dealkylation sites (N-methyl/N-ethyl adjacent to an activating group) is 1. The van der Waals surface area contributed by atoms with E-state index < -0.39 is 12.0 Å². The summed E-state index contributed by atoms with van der Waals surface area (Å²) in [5.74, 6) is -0.566. The number of rotatable bonds is 6. The topological polar surface area (TPSA) is 71.5 Å². The molecule has 0 aliphatic heterocycles. The second-order valence-electron chi connectivity index (χ2n) is 4.01. The zero-order valence-electron chi connectivity index (χ0n) is 11.9. The Bertz CT molecular complexity index is 488. The predicted octanol–water partition coefficient (Wildman–Crippen LogP) is 2.25. The molecular weight excluding hydrogens is 302 g/mol. The monoisotopic (exact) mass is 319 g/mol. The number of esters is 1. The number of methoxy groups -OCH3 is 1. The van der Waals surface area contributed by atoms with Gasteiger partial charge in [0.1, 0.15) is 6.04 Å². The number of thiazole rings is 1. The largest absolute Gasteiger partial charge is 0.465 e. The number of amides is 1. The van der Waals surface area contributed by atoms with Crippen molar-refractivity contribution < 1.29 is 14.3 Å². The molecule has 1 aromatic heterocycles. The van der Waals surface area contributed by atoms with E-state index >= 15 is 0 Å². The van der Waals surface area contributed by atoms with Gasteiger partial charge in [-0.3, -0.25) is 4.79 Å². The van der Waals surface area contributed by atoms with Crippen LogP contribution in [0.25, 0.3) is 0 Å².